The van der Waals surface area contributed by atoms with Crippen LogP contribution < -0.4 is 0 Å². The minimum Gasteiger partial charge on any atom is -0.444 e. The second kappa shape index (κ2) is 3.94. The molecule has 17 heavy (non-hydrogen) atoms. The monoisotopic (exact) mass is 235 g/mol. The van der Waals surface area contributed by atoms with Crippen molar-refractivity contribution in [1.29, 1.82) is 0 Å². The Balaban J connectivity index is 1.83. The number of terminal acetylenes is 1. The largest absolute Gasteiger partial charge is 0.444 e. The highest BCUT2D eigenvalue weighted by atomic mass is 16.6. The smallest absolute Gasteiger partial charge is 0.410 e. The average Bonchev–Trinajstić information content (AvgIpc) is 2.56. The van der Waals surface area contributed by atoms with Gasteiger partial charge in [0.05, 0.1) is 0 Å². The Morgan fingerprint density at radius 1 is 1.47 bits per heavy atom. The lowest BCUT2D eigenvalue weighted by Gasteiger charge is -2.48. The van der Waals surface area contributed by atoms with Crippen LogP contribution in [0.5, 0.6) is 0 Å². The number of hydrogen-bond donors (Lipinski definition) is 0. The Kier molecular flexibility index (Phi) is 2.85. The molecule has 0 bridgehead atoms. The van der Waals surface area contributed by atoms with Gasteiger partial charge in [0, 0.05) is 24.4 Å². The molecular formula is C14H21NO2. The molecule has 1 aliphatic heterocycles. The van der Waals surface area contributed by atoms with Gasteiger partial charge in [-0.25, -0.2) is 4.79 Å². The molecule has 0 aromatic heterocycles. The maximum atomic E-state index is 11.8. The van der Waals surface area contributed by atoms with Crippen LogP contribution in [0.4, 0.5) is 4.79 Å². The maximum Gasteiger partial charge on any atom is 0.410 e. The Hall–Kier alpha value is -1.17. The van der Waals surface area contributed by atoms with E-state index in [2.05, 4.69) is 5.92 Å². The second-order valence-corrected chi connectivity index (χ2v) is 6.44. The first-order valence-electron chi connectivity index (χ1n) is 6.28. The summed E-state index contributed by atoms with van der Waals surface area (Å²) >= 11 is 0. The van der Waals surface area contributed by atoms with Crippen LogP contribution in [0, 0.1) is 23.7 Å². The molecule has 1 heterocycles. The topological polar surface area (TPSA) is 29.5 Å². The van der Waals surface area contributed by atoms with Gasteiger partial charge in [0.25, 0.3) is 0 Å². The van der Waals surface area contributed by atoms with Crippen molar-refractivity contribution in [1.82, 2.24) is 4.90 Å². The highest BCUT2D eigenvalue weighted by molar-refractivity contribution is 5.69. The first-order valence-corrected chi connectivity index (χ1v) is 6.28. The minimum absolute atomic E-state index is 0.188. The summed E-state index contributed by atoms with van der Waals surface area (Å²) in [6.07, 6.45) is 8.60. The van der Waals surface area contributed by atoms with Crippen LogP contribution in [0.15, 0.2) is 0 Å². The highest BCUT2D eigenvalue weighted by Gasteiger charge is 2.50. The van der Waals surface area contributed by atoms with Crippen LogP contribution in [0.1, 0.15) is 40.0 Å². The van der Waals surface area contributed by atoms with Crippen molar-refractivity contribution in [2.45, 2.75) is 45.6 Å². The number of carbonyl (C=O) groups is 1. The Morgan fingerprint density at radius 3 is 2.59 bits per heavy atom. The minimum atomic E-state index is -0.406. The zero-order chi connectivity index (χ0) is 12.7. The lowest BCUT2D eigenvalue weighted by molar-refractivity contribution is -0.0326. The average molecular weight is 235 g/mol. The molecule has 0 aromatic rings. The van der Waals surface area contributed by atoms with Gasteiger partial charge in [0.15, 0.2) is 0 Å². The molecule has 1 saturated carbocycles. The van der Waals surface area contributed by atoms with Crippen molar-refractivity contribution >= 4 is 6.09 Å². The number of likely N-dealkylation sites (tertiary alicyclic amines) is 1. The SMILES string of the molecule is C#CC1CCC2(C1)CN(C(=O)OC(C)(C)C)C2. The number of nitrogens with zero attached hydrogens (tertiary/aromatic N) is 1. The standard InChI is InChI=1S/C14H21NO2/c1-5-11-6-7-14(8-11)9-15(10-14)12(16)17-13(2,3)4/h1,11H,6-10H2,2-4H3. The summed E-state index contributed by atoms with van der Waals surface area (Å²) in [4.78, 5) is 13.6. The first-order chi connectivity index (χ1) is 7.84. The van der Waals surface area contributed by atoms with Crippen molar-refractivity contribution in [3.05, 3.63) is 0 Å². The van der Waals surface area contributed by atoms with Crippen LogP contribution in [0.3, 0.4) is 0 Å². The van der Waals surface area contributed by atoms with Gasteiger partial charge in [0.1, 0.15) is 5.60 Å². The molecule has 1 atom stereocenters. The fraction of sp³-hybridized carbons (Fsp3) is 0.786. The van der Waals surface area contributed by atoms with E-state index in [9.17, 15) is 4.79 Å². The Morgan fingerprint density at radius 2 is 2.12 bits per heavy atom. The fourth-order valence-corrected chi connectivity index (χ4v) is 2.86. The fourth-order valence-electron chi connectivity index (χ4n) is 2.86. The van der Waals surface area contributed by atoms with Gasteiger partial charge in [0.2, 0.25) is 0 Å². The zero-order valence-corrected chi connectivity index (χ0v) is 11.0. The van der Waals surface area contributed by atoms with Crippen molar-refractivity contribution in [3.63, 3.8) is 0 Å². The molecule has 3 heteroatoms. The molecule has 3 nitrogen and oxygen atoms in total. The van der Waals surface area contributed by atoms with Gasteiger partial charge in [-0.15, -0.1) is 12.3 Å². The number of rotatable bonds is 0. The molecule has 1 spiro atoms. The predicted octanol–water partition coefficient (Wildman–Crippen LogP) is 2.66. The van der Waals surface area contributed by atoms with Crippen LogP contribution in [0.25, 0.3) is 0 Å². The molecular weight excluding hydrogens is 214 g/mol. The van der Waals surface area contributed by atoms with E-state index in [1.54, 1.807) is 4.90 Å². The molecule has 2 aliphatic rings. The second-order valence-electron chi connectivity index (χ2n) is 6.44. The lowest BCUT2D eigenvalue weighted by Crippen LogP contribution is -2.58. The molecule has 2 fully saturated rings. The van der Waals surface area contributed by atoms with Gasteiger partial charge >= 0.3 is 6.09 Å². The maximum absolute atomic E-state index is 11.8. The normalized spacial score (nSPS) is 26.5. The third-order valence-corrected chi connectivity index (χ3v) is 3.64. The molecule has 1 unspecified atom stereocenters. The van der Waals surface area contributed by atoms with E-state index in [0.717, 1.165) is 32.4 Å². The van der Waals surface area contributed by atoms with E-state index in [1.807, 2.05) is 20.8 Å². The summed E-state index contributed by atoms with van der Waals surface area (Å²) in [5.74, 6) is 3.25. The van der Waals surface area contributed by atoms with Crippen LogP contribution in [-0.2, 0) is 4.74 Å². The Bertz CT molecular complexity index is 355. The van der Waals surface area contributed by atoms with E-state index in [0.29, 0.717) is 11.3 Å². The molecule has 94 valence electrons. The lowest BCUT2D eigenvalue weighted by atomic mass is 9.78. The van der Waals surface area contributed by atoms with E-state index >= 15 is 0 Å². The quantitative estimate of drug-likeness (QED) is 0.604. The van der Waals surface area contributed by atoms with Gasteiger partial charge in [-0.05, 0) is 40.0 Å². The van der Waals surface area contributed by atoms with Gasteiger partial charge in [-0.3, -0.25) is 0 Å². The van der Waals surface area contributed by atoms with Crippen LogP contribution in [0.2, 0.25) is 0 Å². The molecule has 1 aliphatic carbocycles. The molecule has 0 N–H and O–H groups in total. The third-order valence-electron chi connectivity index (χ3n) is 3.64. The zero-order valence-electron chi connectivity index (χ0n) is 11.0. The van der Waals surface area contributed by atoms with Crippen LogP contribution >= 0.6 is 0 Å². The molecule has 0 radical (unpaired) electrons. The summed E-state index contributed by atoms with van der Waals surface area (Å²) in [5, 5.41) is 0. The number of ether oxygens (including phenoxy) is 1. The summed E-state index contributed by atoms with van der Waals surface area (Å²) in [6.45, 7) is 7.32. The van der Waals surface area contributed by atoms with Crippen molar-refractivity contribution in [3.8, 4) is 12.3 Å². The number of amides is 1. The van der Waals surface area contributed by atoms with E-state index in [1.165, 1.54) is 0 Å². The highest BCUT2D eigenvalue weighted by Crippen LogP contribution is 2.48. The van der Waals surface area contributed by atoms with E-state index in [4.69, 9.17) is 11.2 Å². The molecule has 1 amide bonds. The predicted molar refractivity (Wildman–Crippen MR) is 66.4 cm³/mol. The van der Waals surface area contributed by atoms with Gasteiger partial charge in [-0.1, -0.05) is 0 Å². The van der Waals surface area contributed by atoms with E-state index in [-0.39, 0.29) is 6.09 Å². The molecule has 2 rings (SSSR count). The first kappa shape index (κ1) is 12.3. The summed E-state index contributed by atoms with van der Waals surface area (Å²) in [6, 6.07) is 0. The molecule has 1 saturated heterocycles. The summed E-state index contributed by atoms with van der Waals surface area (Å²) in [5.41, 5.74) is -0.106. The van der Waals surface area contributed by atoms with Gasteiger partial charge < -0.3 is 9.64 Å². The van der Waals surface area contributed by atoms with Crippen LogP contribution in [-0.4, -0.2) is 29.7 Å². The van der Waals surface area contributed by atoms with Crippen molar-refractivity contribution < 1.29 is 9.53 Å². The summed E-state index contributed by atoms with van der Waals surface area (Å²) in [7, 11) is 0. The van der Waals surface area contributed by atoms with E-state index < -0.39 is 5.60 Å². The van der Waals surface area contributed by atoms with Crippen molar-refractivity contribution in [2.75, 3.05) is 13.1 Å². The number of carbonyl (C=O) groups excluding carboxylic acids is 1. The third kappa shape index (κ3) is 2.57. The number of hydrogen-bond acceptors (Lipinski definition) is 2. The van der Waals surface area contributed by atoms with Crippen molar-refractivity contribution in [2.24, 2.45) is 11.3 Å². The molecule has 0 aromatic carbocycles. The summed E-state index contributed by atoms with van der Waals surface area (Å²) < 4.78 is 5.34. The van der Waals surface area contributed by atoms with Gasteiger partial charge in [-0.2, -0.15) is 0 Å². The Labute approximate surface area is 104 Å².